The Morgan fingerprint density at radius 2 is 1.56 bits per heavy atom. The summed E-state index contributed by atoms with van der Waals surface area (Å²) in [5.74, 6) is -2.67. The number of hydrogen-bond donors (Lipinski definition) is 1. The van der Waals surface area contributed by atoms with E-state index in [9.17, 15) is 31.2 Å². The number of methoxy groups -OCH3 is 2. The van der Waals surface area contributed by atoms with Gasteiger partial charge in [-0.05, 0) is 48.5 Å². The first-order chi connectivity index (χ1) is 21.3. The molecule has 234 valence electrons. The summed E-state index contributed by atoms with van der Waals surface area (Å²) in [4.78, 5) is 27.0. The van der Waals surface area contributed by atoms with E-state index in [0.29, 0.717) is 6.07 Å². The molecule has 0 saturated carbocycles. The maximum atomic E-state index is 14.6. The van der Waals surface area contributed by atoms with Crippen LogP contribution in [0.4, 0.5) is 29.3 Å². The van der Waals surface area contributed by atoms with E-state index in [1.165, 1.54) is 37.4 Å². The van der Waals surface area contributed by atoms with Gasteiger partial charge in [-0.25, -0.2) is 13.2 Å². The Balaban J connectivity index is 1.75. The van der Waals surface area contributed by atoms with Gasteiger partial charge in [0.2, 0.25) is 5.60 Å². The van der Waals surface area contributed by atoms with Crippen molar-refractivity contribution in [2.24, 2.45) is 0 Å². The summed E-state index contributed by atoms with van der Waals surface area (Å²) >= 11 is 6.31. The molecule has 1 aliphatic heterocycles. The fraction of sp³-hybridized carbons (Fsp3) is 0.133. The lowest BCUT2D eigenvalue weighted by molar-refractivity contribution is -0.275. The van der Waals surface area contributed by atoms with Crippen molar-refractivity contribution in [2.75, 3.05) is 23.8 Å². The molecule has 1 unspecified atom stereocenters. The highest BCUT2D eigenvalue weighted by atomic mass is 35.5. The Morgan fingerprint density at radius 1 is 0.867 bits per heavy atom. The minimum atomic E-state index is -5.31. The van der Waals surface area contributed by atoms with Crippen LogP contribution in [-0.2, 0) is 25.2 Å². The highest BCUT2D eigenvalue weighted by molar-refractivity contribution is 7.93. The number of anilines is 2. The number of carbonyl (C=O) groups excluding carboxylic acids is 2. The first kappa shape index (κ1) is 31.5. The maximum Gasteiger partial charge on any atom is 0.573 e. The number of hydrogen-bond acceptors (Lipinski definition) is 8. The van der Waals surface area contributed by atoms with E-state index < -0.39 is 44.6 Å². The molecular weight excluding hydrogens is 641 g/mol. The summed E-state index contributed by atoms with van der Waals surface area (Å²) < 4.78 is 89.2. The van der Waals surface area contributed by atoms with Crippen molar-refractivity contribution in [3.05, 3.63) is 107 Å². The maximum absolute atomic E-state index is 14.6. The summed E-state index contributed by atoms with van der Waals surface area (Å²) in [5.41, 5.74) is -2.93. The number of halogens is 4. The Labute approximate surface area is 259 Å². The fourth-order valence-electron chi connectivity index (χ4n) is 4.86. The zero-order valence-corrected chi connectivity index (χ0v) is 24.9. The van der Waals surface area contributed by atoms with Crippen molar-refractivity contribution in [3.63, 3.8) is 0 Å². The Bertz CT molecular complexity index is 1890. The molecule has 5 rings (SSSR count). The number of carbonyl (C=O) groups is 2. The normalized spacial score (nSPS) is 16.1. The molecule has 0 spiro atoms. The standard InChI is InChI=1S/C30H22ClF3N2O8S/c1-41-20-13-15-26(25(17-20)43-30(32,33)34)45(39,40)36-23-14-12-18(31)16-22(23)29(27(36)37,21-10-6-7-11-24(21)42-2)44-28(38)35-19-8-4-3-5-9-19/h3-17H,1-2H3,(H,35,38). The van der Waals surface area contributed by atoms with Crippen molar-refractivity contribution in [3.8, 4) is 17.2 Å². The van der Waals surface area contributed by atoms with Crippen LogP contribution < -0.4 is 23.8 Å². The molecule has 0 saturated heterocycles. The van der Waals surface area contributed by atoms with Crippen LogP contribution in [0.15, 0.2) is 95.9 Å². The van der Waals surface area contributed by atoms with Gasteiger partial charge in [0.1, 0.15) is 16.4 Å². The minimum absolute atomic E-state index is 0.0223. The van der Waals surface area contributed by atoms with Gasteiger partial charge in [-0.2, -0.15) is 4.31 Å². The Hall–Kier alpha value is -4.95. The number of para-hydroxylation sites is 2. The molecule has 2 amide bonds. The van der Waals surface area contributed by atoms with Gasteiger partial charge >= 0.3 is 12.5 Å². The number of alkyl halides is 3. The molecule has 4 aromatic carbocycles. The minimum Gasteiger partial charge on any atom is -0.497 e. The van der Waals surface area contributed by atoms with Crippen molar-refractivity contribution >= 4 is 45.0 Å². The number of amides is 2. The summed E-state index contributed by atoms with van der Waals surface area (Å²) in [7, 11) is -2.79. The van der Waals surface area contributed by atoms with E-state index in [-0.39, 0.29) is 43.3 Å². The zero-order valence-electron chi connectivity index (χ0n) is 23.3. The number of nitrogens with one attached hydrogen (secondary N) is 1. The van der Waals surface area contributed by atoms with Crippen LogP contribution in [0, 0.1) is 0 Å². The van der Waals surface area contributed by atoms with Gasteiger partial charge in [-0.15, -0.1) is 13.2 Å². The molecule has 15 heteroatoms. The van der Waals surface area contributed by atoms with Crippen molar-refractivity contribution in [1.29, 1.82) is 0 Å². The molecule has 0 aliphatic carbocycles. The van der Waals surface area contributed by atoms with Crippen LogP contribution in [0.1, 0.15) is 11.1 Å². The Kier molecular flexibility index (Phi) is 8.29. The molecule has 0 fully saturated rings. The second-order valence-corrected chi connectivity index (χ2v) is 11.6. The van der Waals surface area contributed by atoms with Crippen LogP contribution in [0.25, 0.3) is 0 Å². The smallest absolute Gasteiger partial charge is 0.497 e. The molecule has 1 atom stereocenters. The third-order valence-corrected chi connectivity index (χ3v) is 8.66. The van der Waals surface area contributed by atoms with Gasteiger partial charge in [0, 0.05) is 22.3 Å². The molecule has 10 nitrogen and oxygen atoms in total. The van der Waals surface area contributed by atoms with E-state index in [1.807, 2.05) is 0 Å². The molecule has 1 heterocycles. The molecule has 1 aliphatic rings. The second-order valence-electron chi connectivity index (χ2n) is 9.36. The number of nitrogens with zero attached hydrogens (tertiary/aromatic N) is 1. The highest BCUT2D eigenvalue weighted by Crippen LogP contribution is 2.52. The monoisotopic (exact) mass is 662 g/mol. The van der Waals surface area contributed by atoms with Crippen LogP contribution in [0.5, 0.6) is 17.2 Å². The van der Waals surface area contributed by atoms with Gasteiger partial charge in [-0.3, -0.25) is 10.1 Å². The lowest BCUT2D eigenvalue weighted by Crippen LogP contribution is -2.47. The molecule has 0 bridgehead atoms. The average Bonchev–Trinajstić information content (AvgIpc) is 3.24. The van der Waals surface area contributed by atoms with Crippen LogP contribution in [0.3, 0.4) is 0 Å². The lowest BCUT2D eigenvalue weighted by atomic mass is 9.86. The summed E-state index contributed by atoms with van der Waals surface area (Å²) in [5, 5.41) is 2.51. The molecular formula is C30H22ClF3N2O8S. The van der Waals surface area contributed by atoms with Gasteiger partial charge < -0.3 is 18.9 Å². The topological polar surface area (TPSA) is 120 Å². The number of benzene rings is 4. The molecule has 0 aromatic heterocycles. The second kappa shape index (κ2) is 11.9. The average molecular weight is 663 g/mol. The summed E-state index contributed by atoms with van der Waals surface area (Å²) in [6.07, 6.45) is -6.48. The lowest BCUT2D eigenvalue weighted by Gasteiger charge is -2.30. The number of sulfonamides is 1. The van der Waals surface area contributed by atoms with E-state index in [1.54, 1.807) is 36.4 Å². The number of fused-ring (bicyclic) bond motifs is 1. The largest absolute Gasteiger partial charge is 0.573 e. The van der Waals surface area contributed by atoms with Crippen LogP contribution >= 0.6 is 11.6 Å². The number of rotatable bonds is 8. The van der Waals surface area contributed by atoms with Gasteiger partial charge in [0.25, 0.3) is 15.9 Å². The highest BCUT2D eigenvalue weighted by Gasteiger charge is 2.61. The predicted octanol–water partition coefficient (Wildman–Crippen LogP) is 6.48. The van der Waals surface area contributed by atoms with Crippen molar-refractivity contribution in [2.45, 2.75) is 16.9 Å². The first-order valence-corrected chi connectivity index (χ1v) is 14.7. The van der Waals surface area contributed by atoms with Crippen LogP contribution in [0.2, 0.25) is 5.02 Å². The molecule has 1 N–H and O–H groups in total. The first-order valence-electron chi connectivity index (χ1n) is 12.8. The van der Waals surface area contributed by atoms with Gasteiger partial charge in [0.05, 0.1) is 25.5 Å². The van der Waals surface area contributed by atoms with E-state index in [2.05, 4.69) is 10.1 Å². The quantitative estimate of drug-likeness (QED) is 0.228. The predicted molar refractivity (Wildman–Crippen MR) is 156 cm³/mol. The summed E-state index contributed by atoms with van der Waals surface area (Å²) in [6.45, 7) is 0. The SMILES string of the molecule is COc1ccc(S(=O)(=O)N2C(=O)C(OC(=O)Nc3ccccc3)(c3ccccc3OC)c3cc(Cl)ccc32)c(OC(F)(F)F)c1. The van der Waals surface area contributed by atoms with Gasteiger partial charge in [-0.1, -0.05) is 48.0 Å². The van der Waals surface area contributed by atoms with Gasteiger partial charge in [0.15, 0.2) is 5.75 Å². The van der Waals surface area contributed by atoms with E-state index >= 15 is 0 Å². The van der Waals surface area contributed by atoms with Crippen molar-refractivity contribution in [1.82, 2.24) is 0 Å². The molecule has 4 aromatic rings. The fourth-order valence-corrected chi connectivity index (χ4v) is 6.59. The van der Waals surface area contributed by atoms with E-state index in [4.69, 9.17) is 25.8 Å². The van der Waals surface area contributed by atoms with Crippen molar-refractivity contribution < 1.29 is 50.1 Å². The Morgan fingerprint density at radius 3 is 2.22 bits per heavy atom. The zero-order chi connectivity index (χ0) is 32.6. The number of ether oxygens (including phenoxy) is 4. The molecule has 0 radical (unpaired) electrons. The molecule has 45 heavy (non-hydrogen) atoms. The van der Waals surface area contributed by atoms with Crippen LogP contribution in [-0.4, -0.2) is 41.0 Å². The summed E-state index contributed by atoms with van der Waals surface area (Å²) in [6, 6.07) is 20.1. The third-order valence-electron chi connectivity index (χ3n) is 6.69. The third kappa shape index (κ3) is 5.81. The van der Waals surface area contributed by atoms with E-state index in [0.717, 1.165) is 25.3 Å².